The predicted molar refractivity (Wildman–Crippen MR) is 45.0 cm³/mol. The van der Waals surface area contributed by atoms with Crippen LogP contribution in [0.2, 0.25) is 0 Å². The maximum Gasteiger partial charge on any atom is 0.108 e. The molecule has 0 fully saturated rings. The Kier molecular flexibility index (Phi) is 1.80. The molecule has 0 bridgehead atoms. The molecule has 1 aliphatic heterocycles. The quantitative estimate of drug-likeness (QED) is 0.555. The molecule has 1 unspecified atom stereocenters. The molecule has 58 valence electrons. The van der Waals surface area contributed by atoms with Gasteiger partial charge in [-0.1, -0.05) is 24.3 Å². The summed E-state index contributed by atoms with van der Waals surface area (Å²) in [5.74, 6) is 0.514. The van der Waals surface area contributed by atoms with Crippen LogP contribution in [0, 0.1) is 5.92 Å². The van der Waals surface area contributed by atoms with E-state index in [2.05, 4.69) is 30.4 Å². The Balaban J connectivity index is 1.99. The van der Waals surface area contributed by atoms with E-state index in [1.54, 1.807) is 0 Å². The first kappa shape index (κ1) is 6.71. The van der Waals surface area contributed by atoms with Gasteiger partial charge in [0.1, 0.15) is 6.10 Å². The van der Waals surface area contributed by atoms with Crippen LogP contribution >= 0.6 is 0 Å². The lowest BCUT2D eigenvalue weighted by atomic mass is 9.99. The van der Waals surface area contributed by atoms with Gasteiger partial charge >= 0.3 is 0 Å². The number of allylic oxidation sites excluding steroid dienone is 3. The predicted octanol–water partition coefficient (Wildman–Crippen LogP) is 2.42. The summed E-state index contributed by atoms with van der Waals surface area (Å²) in [6.45, 7) is 0. The van der Waals surface area contributed by atoms with E-state index >= 15 is 0 Å². The molecule has 0 spiro atoms. The highest BCUT2D eigenvalue weighted by Crippen LogP contribution is 2.23. The third-order valence-corrected chi connectivity index (χ3v) is 2.17. The Morgan fingerprint density at radius 2 is 2.00 bits per heavy atom. The average Bonchev–Trinajstić information content (AvgIpc) is 2.58. The van der Waals surface area contributed by atoms with Crippen molar-refractivity contribution in [2.45, 2.75) is 18.9 Å². The second-order valence-corrected chi connectivity index (χ2v) is 2.97. The highest BCUT2D eigenvalue weighted by atomic mass is 16.5. The first-order valence-corrected chi connectivity index (χ1v) is 4.12. The third kappa shape index (κ3) is 1.37. The highest BCUT2D eigenvalue weighted by molar-refractivity contribution is 5.19. The summed E-state index contributed by atoms with van der Waals surface area (Å²) in [5.41, 5.74) is 0. The minimum absolute atomic E-state index is 0.384. The van der Waals surface area contributed by atoms with E-state index in [1.807, 2.05) is 6.26 Å². The van der Waals surface area contributed by atoms with E-state index in [1.165, 1.54) is 0 Å². The van der Waals surface area contributed by atoms with Gasteiger partial charge in [0.2, 0.25) is 0 Å². The maximum absolute atomic E-state index is 5.48. The largest absolute Gasteiger partial charge is 0.497 e. The zero-order valence-electron chi connectivity index (χ0n) is 6.44. The van der Waals surface area contributed by atoms with Gasteiger partial charge in [-0.25, -0.2) is 0 Å². The lowest BCUT2D eigenvalue weighted by molar-refractivity contribution is 0.103. The van der Waals surface area contributed by atoms with Crippen LogP contribution in [0.25, 0.3) is 0 Å². The van der Waals surface area contributed by atoms with E-state index < -0.39 is 0 Å². The van der Waals surface area contributed by atoms with Crippen LogP contribution in [0.1, 0.15) is 12.8 Å². The number of hydrogen-bond acceptors (Lipinski definition) is 1. The summed E-state index contributed by atoms with van der Waals surface area (Å²) in [7, 11) is 0. The number of rotatable bonds is 1. The molecular formula is C10H12O. The van der Waals surface area contributed by atoms with E-state index in [9.17, 15) is 0 Å². The van der Waals surface area contributed by atoms with Crippen LogP contribution in [0.15, 0.2) is 36.6 Å². The van der Waals surface area contributed by atoms with Crippen LogP contribution in [-0.2, 0) is 4.74 Å². The van der Waals surface area contributed by atoms with E-state index in [0.29, 0.717) is 12.0 Å². The van der Waals surface area contributed by atoms with Gasteiger partial charge in [-0.15, -0.1) is 0 Å². The molecule has 11 heavy (non-hydrogen) atoms. The van der Waals surface area contributed by atoms with Crippen LogP contribution < -0.4 is 0 Å². The van der Waals surface area contributed by atoms with Crippen molar-refractivity contribution in [1.29, 1.82) is 0 Å². The van der Waals surface area contributed by atoms with Crippen LogP contribution in [0.4, 0.5) is 0 Å². The van der Waals surface area contributed by atoms with Crippen molar-refractivity contribution in [2.75, 3.05) is 0 Å². The van der Waals surface area contributed by atoms with Crippen molar-refractivity contribution in [1.82, 2.24) is 0 Å². The van der Waals surface area contributed by atoms with Gasteiger partial charge < -0.3 is 4.74 Å². The Morgan fingerprint density at radius 3 is 2.64 bits per heavy atom. The molecule has 1 nitrogen and oxygen atoms in total. The molecular weight excluding hydrogens is 136 g/mol. The fourth-order valence-corrected chi connectivity index (χ4v) is 1.53. The zero-order valence-corrected chi connectivity index (χ0v) is 6.44. The number of ether oxygens (including phenoxy) is 1. The molecule has 0 radical (unpaired) electrons. The molecule has 1 heteroatoms. The Morgan fingerprint density at radius 1 is 1.18 bits per heavy atom. The first-order valence-electron chi connectivity index (χ1n) is 4.12. The van der Waals surface area contributed by atoms with E-state index in [-0.39, 0.29) is 0 Å². The van der Waals surface area contributed by atoms with Crippen molar-refractivity contribution < 1.29 is 4.74 Å². The molecule has 0 N–H and O–H groups in total. The topological polar surface area (TPSA) is 9.23 Å². The van der Waals surface area contributed by atoms with E-state index in [0.717, 1.165) is 12.8 Å². The second kappa shape index (κ2) is 2.95. The van der Waals surface area contributed by atoms with Gasteiger partial charge in [-0.05, 0) is 18.9 Å². The van der Waals surface area contributed by atoms with Crippen molar-refractivity contribution in [3.8, 4) is 0 Å². The van der Waals surface area contributed by atoms with Crippen molar-refractivity contribution in [2.24, 2.45) is 5.92 Å². The fraction of sp³-hybridized carbons (Fsp3) is 0.400. The molecule has 0 amide bonds. The average molecular weight is 148 g/mol. The molecule has 0 saturated carbocycles. The summed E-state index contributed by atoms with van der Waals surface area (Å²) in [6, 6.07) is 0. The minimum atomic E-state index is 0.384. The van der Waals surface area contributed by atoms with Gasteiger partial charge in [0.25, 0.3) is 0 Å². The van der Waals surface area contributed by atoms with Crippen LogP contribution in [0.3, 0.4) is 0 Å². The molecule has 1 heterocycles. The first-order chi connectivity index (χ1) is 5.47. The van der Waals surface area contributed by atoms with Crippen molar-refractivity contribution in [3.63, 3.8) is 0 Å². The van der Waals surface area contributed by atoms with Gasteiger partial charge in [0, 0.05) is 5.92 Å². The van der Waals surface area contributed by atoms with Gasteiger partial charge in [-0.2, -0.15) is 0 Å². The summed E-state index contributed by atoms with van der Waals surface area (Å²) in [4.78, 5) is 0. The molecule has 1 atom stereocenters. The second-order valence-electron chi connectivity index (χ2n) is 2.97. The van der Waals surface area contributed by atoms with Crippen LogP contribution in [0.5, 0.6) is 0 Å². The molecule has 0 saturated heterocycles. The molecule has 2 rings (SSSR count). The summed E-state index contributed by atoms with van der Waals surface area (Å²) in [6.07, 6.45) is 15.2. The number of hydrogen-bond donors (Lipinski definition) is 0. The fourth-order valence-electron chi connectivity index (χ4n) is 1.53. The normalized spacial score (nSPS) is 29.3. The van der Waals surface area contributed by atoms with Crippen molar-refractivity contribution in [3.05, 3.63) is 36.6 Å². The summed E-state index contributed by atoms with van der Waals surface area (Å²) >= 11 is 0. The van der Waals surface area contributed by atoms with E-state index in [4.69, 9.17) is 4.74 Å². The molecule has 0 aromatic rings. The molecule has 2 aliphatic rings. The lowest BCUT2D eigenvalue weighted by Gasteiger charge is -2.22. The summed E-state index contributed by atoms with van der Waals surface area (Å²) in [5, 5.41) is 0. The monoisotopic (exact) mass is 148 g/mol. The SMILES string of the molecule is C1=CC(C2CCC=CO2)C=C1. The maximum atomic E-state index is 5.48. The van der Waals surface area contributed by atoms with Crippen LogP contribution in [-0.4, -0.2) is 6.10 Å². The molecule has 1 aliphatic carbocycles. The zero-order chi connectivity index (χ0) is 7.52. The Bertz CT molecular complexity index is 201. The van der Waals surface area contributed by atoms with Crippen molar-refractivity contribution >= 4 is 0 Å². The minimum Gasteiger partial charge on any atom is -0.497 e. The van der Waals surface area contributed by atoms with Gasteiger partial charge in [0.05, 0.1) is 6.26 Å². The Labute approximate surface area is 67.1 Å². The standard InChI is InChI=1S/C10H12O/c1-2-6-9(5-1)10-7-3-4-8-11-10/h1-2,4-6,8-10H,3,7H2. The van der Waals surface area contributed by atoms with Gasteiger partial charge in [-0.3, -0.25) is 0 Å². The molecule has 0 aromatic heterocycles. The highest BCUT2D eigenvalue weighted by Gasteiger charge is 2.19. The summed E-state index contributed by atoms with van der Waals surface area (Å²) < 4.78 is 5.48. The molecule has 0 aromatic carbocycles. The third-order valence-electron chi connectivity index (χ3n) is 2.17. The van der Waals surface area contributed by atoms with Gasteiger partial charge in [0.15, 0.2) is 0 Å². The lowest BCUT2D eigenvalue weighted by Crippen LogP contribution is -2.19. The smallest absolute Gasteiger partial charge is 0.108 e. The Hall–Kier alpha value is -0.980.